The first kappa shape index (κ1) is 19.2. The number of nitrogens with one attached hydrogen (secondary N) is 1. The van der Waals surface area contributed by atoms with Gasteiger partial charge < -0.3 is 15.0 Å². The molecule has 0 radical (unpaired) electrons. The van der Waals surface area contributed by atoms with Gasteiger partial charge in [0.25, 0.3) is 0 Å². The molecule has 0 aromatic heterocycles. The van der Waals surface area contributed by atoms with Crippen molar-refractivity contribution in [3.63, 3.8) is 0 Å². The van der Waals surface area contributed by atoms with E-state index >= 15 is 0 Å². The third-order valence-electron chi connectivity index (χ3n) is 4.91. The Morgan fingerprint density at radius 1 is 1.11 bits per heavy atom. The van der Waals surface area contributed by atoms with E-state index in [1.165, 1.54) is 12.1 Å². The zero-order valence-corrected chi connectivity index (χ0v) is 15.8. The first-order valence-corrected chi connectivity index (χ1v) is 9.22. The van der Waals surface area contributed by atoms with Gasteiger partial charge in [-0.3, -0.25) is 9.69 Å². The fourth-order valence-corrected chi connectivity index (χ4v) is 3.36. The van der Waals surface area contributed by atoms with Gasteiger partial charge in [-0.25, -0.2) is 4.39 Å². The van der Waals surface area contributed by atoms with Crippen LogP contribution in [0.25, 0.3) is 0 Å². The maximum Gasteiger partial charge on any atom is 0.234 e. The van der Waals surface area contributed by atoms with E-state index in [0.29, 0.717) is 6.54 Å². The number of methoxy groups -OCH3 is 1. The maximum atomic E-state index is 13.0. The Hall–Kier alpha value is -2.60. The van der Waals surface area contributed by atoms with Crippen molar-refractivity contribution < 1.29 is 13.9 Å². The number of anilines is 1. The van der Waals surface area contributed by atoms with Gasteiger partial charge >= 0.3 is 0 Å². The van der Waals surface area contributed by atoms with Crippen molar-refractivity contribution in [1.82, 2.24) is 10.2 Å². The number of carbonyl (C=O) groups is 1. The smallest absolute Gasteiger partial charge is 0.234 e. The number of rotatable bonds is 6. The molecule has 1 aliphatic rings. The lowest BCUT2D eigenvalue weighted by Gasteiger charge is -2.36. The topological polar surface area (TPSA) is 44.8 Å². The zero-order valence-electron chi connectivity index (χ0n) is 15.8. The predicted molar refractivity (Wildman–Crippen MR) is 105 cm³/mol. The van der Waals surface area contributed by atoms with Crippen molar-refractivity contribution in [2.45, 2.75) is 13.0 Å². The third kappa shape index (κ3) is 4.98. The third-order valence-corrected chi connectivity index (χ3v) is 4.91. The molecular weight excluding hydrogens is 345 g/mol. The number of para-hydroxylation sites is 2. The highest BCUT2D eigenvalue weighted by Crippen LogP contribution is 2.28. The van der Waals surface area contributed by atoms with Crippen LogP contribution < -0.4 is 15.0 Å². The Bertz CT molecular complexity index is 758. The van der Waals surface area contributed by atoms with Gasteiger partial charge in [-0.2, -0.15) is 0 Å². The minimum Gasteiger partial charge on any atom is -0.495 e. The molecule has 5 nitrogen and oxygen atoms in total. The molecule has 0 aliphatic carbocycles. The lowest BCUT2D eigenvalue weighted by atomic mass is 10.1. The van der Waals surface area contributed by atoms with Crippen LogP contribution in [-0.2, 0) is 4.79 Å². The van der Waals surface area contributed by atoms with Gasteiger partial charge in [0.05, 0.1) is 25.4 Å². The van der Waals surface area contributed by atoms with Crippen LogP contribution >= 0.6 is 0 Å². The van der Waals surface area contributed by atoms with Crippen LogP contribution in [0.2, 0.25) is 0 Å². The number of benzene rings is 2. The van der Waals surface area contributed by atoms with Crippen LogP contribution in [0.1, 0.15) is 18.5 Å². The van der Waals surface area contributed by atoms with Crippen LogP contribution in [0.15, 0.2) is 48.5 Å². The molecule has 1 unspecified atom stereocenters. The average Bonchev–Trinajstić information content (AvgIpc) is 2.69. The summed E-state index contributed by atoms with van der Waals surface area (Å²) in [6.45, 7) is 5.60. The van der Waals surface area contributed by atoms with Gasteiger partial charge in [0.2, 0.25) is 5.91 Å². The summed E-state index contributed by atoms with van der Waals surface area (Å²) in [5, 5.41) is 2.99. The van der Waals surface area contributed by atoms with E-state index < -0.39 is 0 Å². The fourth-order valence-electron chi connectivity index (χ4n) is 3.36. The van der Waals surface area contributed by atoms with E-state index in [9.17, 15) is 9.18 Å². The van der Waals surface area contributed by atoms with Gasteiger partial charge in [-0.15, -0.1) is 0 Å². The second-order valence-electron chi connectivity index (χ2n) is 6.78. The van der Waals surface area contributed by atoms with Gasteiger partial charge in [0.15, 0.2) is 0 Å². The molecule has 3 rings (SSSR count). The number of hydrogen-bond donors (Lipinski definition) is 1. The number of carbonyl (C=O) groups excluding carboxylic acids is 1. The molecule has 1 saturated heterocycles. The van der Waals surface area contributed by atoms with Crippen LogP contribution in [0.4, 0.5) is 10.1 Å². The summed E-state index contributed by atoms with van der Waals surface area (Å²) >= 11 is 0. The number of nitrogens with zero attached hydrogens (tertiary/aromatic N) is 2. The summed E-state index contributed by atoms with van der Waals surface area (Å²) in [6, 6.07) is 14.1. The normalized spacial score (nSPS) is 16.0. The Morgan fingerprint density at radius 2 is 1.78 bits per heavy atom. The summed E-state index contributed by atoms with van der Waals surface area (Å²) in [4.78, 5) is 16.8. The minimum atomic E-state index is -0.273. The first-order valence-electron chi connectivity index (χ1n) is 9.22. The highest BCUT2D eigenvalue weighted by Gasteiger charge is 2.21. The van der Waals surface area contributed by atoms with E-state index in [2.05, 4.69) is 21.2 Å². The largest absolute Gasteiger partial charge is 0.495 e. The van der Waals surface area contributed by atoms with Crippen molar-refractivity contribution in [2.24, 2.45) is 0 Å². The first-order chi connectivity index (χ1) is 13.1. The molecule has 1 N–H and O–H groups in total. The highest BCUT2D eigenvalue weighted by molar-refractivity contribution is 5.78. The number of amides is 1. The molecule has 1 aliphatic heterocycles. The van der Waals surface area contributed by atoms with Crippen molar-refractivity contribution in [1.29, 1.82) is 0 Å². The molecule has 2 aromatic rings. The summed E-state index contributed by atoms with van der Waals surface area (Å²) in [6.07, 6.45) is 0. The standard InChI is InChI=1S/C21H26FN3O2/c1-16(17-7-9-18(22)10-8-17)23-21(26)15-24-11-13-25(14-12-24)19-5-3-4-6-20(19)27-2/h3-10,16H,11-15H2,1-2H3,(H,23,26). The number of piperazine rings is 1. The Morgan fingerprint density at radius 3 is 2.44 bits per heavy atom. The molecule has 6 heteroatoms. The number of ether oxygens (including phenoxy) is 1. The van der Waals surface area contributed by atoms with E-state index in [4.69, 9.17) is 4.74 Å². The lowest BCUT2D eigenvalue weighted by molar-refractivity contribution is -0.123. The number of hydrogen-bond acceptors (Lipinski definition) is 4. The van der Waals surface area contributed by atoms with Crippen molar-refractivity contribution >= 4 is 11.6 Å². The SMILES string of the molecule is COc1ccccc1N1CCN(CC(=O)NC(C)c2ccc(F)cc2)CC1. The van der Waals surface area contributed by atoms with Crippen LogP contribution in [0, 0.1) is 5.82 Å². The van der Waals surface area contributed by atoms with Crippen LogP contribution in [0.3, 0.4) is 0 Å². The second kappa shape index (κ2) is 8.86. The average molecular weight is 371 g/mol. The Labute approximate surface area is 159 Å². The molecule has 1 amide bonds. The molecular formula is C21H26FN3O2. The van der Waals surface area contributed by atoms with E-state index in [1.807, 2.05) is 25.1 Å². The van der Waals surface area contributed by atoms with E-state index in [0.717, 1.165) is 43.2 Å². The van der Waals surface area contributed by atoms with E-state index in [-0.39, 0.29) is 17.8 Å². The minimum absolute atomic E-state index is 0.0161. The van der Waals surface area contributed by atoms with Crippen LogP contribution in [-0.4, -0.2) is 50.6 Å². The van der Waals surface area contributed by atoms with Crippen molar-refractivity contribution in [3.8, 4) is 5.75 Å². The van der Waals surface area contributed by atoms with Gasteiger partial charge in [-0.05, 0) is 36.8 Å². The van der Waals surface area contributed by atoms with Gasteiger partial charge in [0, 0.05) is 26.2 Å². The highest BCUT2D eigenvalue weighted by atomic mass is 19.1. The van der Waals surface area contributed by atoms with Crippen molar-refractivity contribution in [2.75, 3.05) is 44.7 Å². The van der Waals surface area contributed by atoms with Crippen molar-refractivity contribution in [3.05, 3.63) is 59.9 Å². The molecule has 144 valence electrons. The van der Waals surface area contributed by atoms with Gasteiger partial charge in [-0.1, -0.05) is 24.3 Å². The predicted octanol–water partition coefficient (Wildman–Crippen LogP) is 2.83. The second-order valence-corrected chi connectivity index (χ2v) is 6.78. The molecule has 1 atom stereocenters. The fraction of sp³-hybridized carbons (Fsp3) is 0.381. The monoisotopic (exact) mass is 371 g/mol. The molecule has 0 bridgehead atoms. The van der Waals surface area contributed by atoms with Gasteiger partial charge in [0.1, 0.15) is 11.6 Å². The maximum absolute atomic E-state index is 13.0. The van der Waals surface area contributed by atoms with E-state index in [1.54, 1.807) is 19.2 Å². The number of halogens is 1. The summed E-state index contributed by atoms with van der Waals surface area (Å²) in [5.74, 6) is 0.583. The summed E-state index contributed by atoms with van der Waals surface area (Å²) < 4.78 is 18.5. The summed E-state index contributed by atoms with van der Waals surface area (Å²) in [7, 11) is 1.68. The molecule has 27 heavy (non-hydrogen) atoms. The molecule has 2 aromatic carbocycles. The Balaban J connectivity index is 1.48. The molecule has 0 spiro atoms. The Kier molecular flexibility index (Phi) is 6.29. The lowest BCUT2D eigenvalue weighted by Crippen LogP contribution is -2.49. The quantitative estimate of drug-likeness (QED) is 0.848. The zero-order chi connectivity index (χ0) is 19.2. The van der Waals surface area contributed by atoms with Crippen LogP contribution in [0.5, 0.6) is 5.75 Å². The summed E-state index contributed by atoms with van der Waals surface area (Å²) in [5.41, 5.74) is 1.99. The molecule has 1 fully saturated rings. The molecule has 1 heterocycles. The molecule has 0 saturated carbocycles.